The van der Waals surface area contributed by atoms with E-state index in [1.807, 2.05) is 6.92 Å². The monoisotopic (exact) mass is 230 g/mol. The molecule has 1 aliphatic rings. The van der Waals surface area contributed by atoms with Gasteiger partial charge in [-0.25, -0.2) is 0 Å². The van der Waals surface area contributed by atoms with Gasteiger partial charge in [-0.3, -0.25) is 4.79 Å². The topological polar surface area (TPSA) is 66.8 Å². The minimum atomic E-state index is -0.978. The molecule has 94 valence electrons. The summed E-state index contributed by atoms with van der Waals surface area (Å²) in [6, 6.07) is 0. The van der Waals surface area contributed by atoms with E-state index in [4.69, 9.17) is 9.84 Å². The number of carbonyl (C=O) groups is 1. The van der Waals surface area contributed by atoms with E-state index in [9.17, 15) is 9.90 Å². The molecule has 1 rings (SSSR count). The number of aliphatic hydroxyl groups is 1. The maximum Gasteiger partial charge on any atom is 0.309 e. The molecule has 1 saturated heterocycles. The number of ether oxygens (including phenoxy) is 1. The molecule has 0 aromatic carbocycles. The van der Waals surface area contributed by atoms with Crippen LogP contribution in [0.25, 0.3) is 0 Å². The summed E-state index contributed by atoms with van der Waals surface area (Å²) in [6.45, 7) is 8.78. The van der Waals surface area contributed by atoms with Crippen molar-refractivity contribution in [2.75, 3.05) is 0 Å². The molecular weight excluding hydrogens is 208 g/mol. The first-order chi connectivity index (χ1) is 7.00. The predicted molar refractivity (Wildman–Crippen MR) is 60.2 cm³/mol. The molecule has 2 N–H and O–H groups in total. The van der Waals surface area contributed by atoms with Crippen LogP contribution in [0.2, 0.25) is 0 Å². The minimum Gasteiger partial charge on any atom is -0.481 e. The number of carboxylic acids is 1. The quantitative estimate of drug-likeness (QED) is 0.759. The summed E-state index contributed by atoms with van der Waals surface area (Å²) in [6.07, 6.45) is 1.08. The SMILES string of the molecule is CC1(C)O[C@@](C)(C(C)(C)O)CC[C@@H]1C(=O)O. The Balaban J connectivity index is 2.94. The van der Waals surface area contributed by atoms with Crippen molar-refractivity contribution >= 4 is 5.97 Å². The molecule has 2 atom stereocenters. The first-order valence-corrected chi connectivity index (χ1v) is 5.65. The van der Waals surface area contributed by atoms with Gasteiger partial charge in [-0.05, 0) is 47.5 Å². The Hall–Kier alpha value is -0.610. The largest absolute Gasteiger partial charge is 0.481 e. The maximum absolute atomic E-state index is 11.1. The molecule has 1 fully saturated rings. The van der Waals surface area contributed by atoms with Gasteiger partial charge in [-0.15, -0.1) is 0 Å². The number of hydrogen-bond acceptors (Lipinski definition) is 3. The fourth-order valence-corrected chi connectivity index (χ4v) is 2.32. The van der Waals surface area contributed by atoms with E-state index in [-0.39, 0.29) is 0 Å². The van der Waals surface area contributed by atoms with E-state index in [2.05, 4.69) is 0 Å². The van der Waals surface area contributed by atoms with Gasteiger partial charge in [0.1, 0.15) is 0 Å². The third kappa shape index (κ3) is 2.23. The van der Waals surface area contributed by atoms with Crippen molar-refractivity contribution in [1.29, 1.82) is 0 Å². The molecule has 4 nitrogen and oxygen atoms in total. The summed E-state index contributed by atoms with van der Waals surface area (Å²) in [5, 5.41) is 19.2. The summed E-state index contributed by atoms with van der Waals surface area (Å²) >= 11 is 0. The maximum atomic E-state index is 11.1. The van der Waals surface area contributed by atoms with E-state index < -0.39 is 28.7 Å². The van der Waals surface area contributed by atoms with E-state index in [0.717, 1.165) is 0 Å². The molecule has 0 amide bonds. The Morgan fingerprint density at radius 2 is 1.88 bits per heavy atom. The summed E-state index contributed by atoms with van der Waals surface area (Å²) in [4.78, 5) is 11.1. The van der Waals surface area contributed by atoms with Crippen molar-refractivity contribution in [3.8, 4) is 0 Å². The van der Waals surface area contributed by atoms with Crippen molar-refractivity contribution < 1.29 is 19.7 Å². The van der Waals surface area contributed by atoms with Crippen LogP contribution in [0.15, 0.2) is 0 Å². The third-order valence-electron chi connectivity index (χ3n) is 3.83. The zero-order valence-electron chi connectivity index (χ0n) is 10.7. The minimum absolute atomic E-state index is 0.511. The van der Waals surface area contributed by atoms with Gasteiger partial charge in [0.05, 0.1) is 22.7 Å². The van der Waals surface area contributed by atoms with Crippen molar-refractivity contribution in [3.63, 3.8) is 0 Å². The molecule has 1 heterocycles. The summed E-state index contributed by atoms with van der Waals surface area (Å²) in [5.41, 5.74) is -2.42. The number of carboxylic acid groups (broad SMARTS) is 1. The molecule has 0 aromatic heterocycles. The lowest BCUT2D eigenvalue weighted by Gasteiger charge is -2.51. The second-order valence-corrected chi connectivity index (χ2v) is 5.92. The highest BCUT2D eigenvalue weighted by Crippen LogP contribution is 2.44. The standard InChI is InChI=1S/C12H22O4/c1-10(2)8(9(13)14)6-7-12(5,16-10)11(3,4)15/h8,15H,6-7H2,1-5H3,(H,13,14)/t8-,12-/m1/s1. The highest BCUT2D eigenvalue weighted by molar-refractivity contribution is 5.71. The van der Waals surface area contributed by atoms with Gasteiger partial charge in [-0.1, -0.05) is 0 Å². The molecule has 0 aliphatic carbocycles. The summed E-state index contributed by atoms with van der Waals surface area (Å²) in [7, 11) is 0. The molecule has 4 heteroatoms. The van der Waals surface area contributed by atoms with Gasteiger partial charge in [0.15, 0.2) is 0 Å². The molecule has 0 unspecified atom stereocenters. The molecule has 0 spiro atoms. The van der Waals surface area contributed by atoms with Crippen LogP contribution < -0.4 is 0 Å². The molecular formula is C12H22O4. The van der Waals surface area contributed by atoms with Crippen molar-refractivity contribution in [2.45, 2.75) is 64.3 Å². The van der Waals surface area contributed by atoms with Crippen LogP contribution in [0, 0.1) is 5.92 Å². The van der Waals surface area contributed by atoms with Crippen LogP contribution in [0.4, 0.5) is 0 Å². The Labute approximate surface area is 96.6 Å². The van der Waals surface area contributed by atoms with Crippen LogP contribution in [-0.2, 0) is 9.53 Å². The Bertz CT molecular complexity index is 290. The Kier molecular flexibility index (Phi) is 3.12. The van der Waals surface area contributed by atoms with Crippen LogP contribution >= 0.6 is 0 Å². The molecule has 0 saturated carbocycles. The average molecular weight is 230 g/mol. The third-order valence-corrected chi connectivity index (χ3v) is 3.83. The van der Waals surface area contributed by atoms with Crippen LogP contribution in [-0.4, -0.2) is 33.0 Å². The Morgan fingerprint density at radius 1 is 1.38 bits per heavy atom. The van der Waals surface area contributed by atoms with Crippen LogP contribution in [0.3, 0.4) is 0 Å². The van der Waals surface area contributed by atoms with Crippen LogP contribution in [0.5, 0.6) is 0 Å². The lowest BCUT2D eigenvalue weighted by Crippen LogP contribution is -2.60. The lowest BCUT2D eigenvalue weighted by molar-refractivity contribution is -0.255. The lowest BCUT2D eigenvalue weighted by atomic mass is 9.73. The fraction of sp³-hybridized carbons (Fsp3) is 0.917. The summed E-state index contributed by atoms with van der Waals surface area (Å²) < 4.78 is 5.87. The second-order valence-electron chi connectivity index (χ2n) is 5.92. The number of aliphatic carboxylic acids is 1. The predicted octanol–water partition coefficient (Wildman–Crippen LogP) is 1.81. The molecule has 16 heavy (non-hydrogen) atoms. The number of rotatable bonds is 2. The van der Waals surface area contributed by atoms with E-state index in [0.29, 0.717) is 12.8 Å². The first kappa shape index (κ1) is 13.5. The average Bonchev–Trinajstić information content (AvgIpc) is 1.98. The fourth-order valence-electron chi connectivity index (χ4n) is 2.32. The molecule has 0 radical (unpaired) electrons. The van der Waals surface area contributed by atoms with E-state index in [1.165, 1.54) is 0 Å². The zero-order valence-corrected chi connectivity index (χ0v) is 10.7. The van der Waals surface area contributed by atoms with Crippen molar-refractivity contribution in [2.24, 2.45) is 5.92 Å². The first-order valence-electron chi connectivity index (χ1n) is 5.65. The normalized spacial score (nSPS) is 34.8. The number of hydrogen-bond donors (Lipinski definition) is 2. The second kappa shape index (κ2) is 3.70. The van der Waals surface area contributed by atoms with Crippen LogP contribution in [0.1, 0.15) is 47.5 Å². The highest BCUT2D eigenvalue weighted by Gasteiger charge is 2.52. The van der Waals surface area contributed by atoms with E-state index >= 15 is 0 Å². The zero-order chi connectivity index (χ0) is 12.8. The van der Waals surface area contributed by atoms with Gasteiger partial charge >= 0.3 is 5.97 Å². The van der Waals surface area contributed by atoms with Gasteiger partial charge in [0, 0.05) is 0 Å². The van der Waals surface area contributed by atoms with Crippen molar-refractivity contribution in [1.82, 2.24) is 0 Å². The van der Waals surface area contributed by atoms with Gasteiger partial charge < -0.3 is 14.9 Å². The summed E-state index contributed by atoms with van der Waals surface area (Å²) in [5.74, 6) is -1.34. The van der Waals surface area contributed by atoms with Gasteiger partial charge in [0.25, 0.3) is 0 Å². The van der Waals surface area contributed by atoms with Gasteiger partial charge in [-0.2, -0.15) is 0 Å². The van der Waals surface area contributed by atoms with Crippen molar-refractivity contribution in [3.05, 3.63) is 0 Å². The molecule has 0 aromatic rings. The molecule has 1 aliphatic heterocycles. The van der Waals surface area contributed by atoms with E-state index in [1.54, 1.807) is 27.7 Å². The molecule has 0 bridgehead atoms. The van der Waals surface area contributed by atoms with Gasteiger partial charge in [0.2, 0.25) is 0 Å². The Morgan fingerprint density at radius 3 is 2.19 bits per heavy atom. The highest BCUT2D eigenvalue weighted by atomic mass is 16.5. The smallest absolute Gasteiger partial charge is 0.309 e.